The van der Waals surface area contributed by atoms with Crippen LogP contribution in [0.1, 0.15) is 56.1 Å². The molecule has 1 saturated heterocycles. The standard InChI is InChI=1S/C31H37N5O5/c1-31(2,3)36-30(41)26(37)23(18-21-13-9-15-32-27(21)38)34-28(39)24(16-19-10-5-4-6-11-19)35-29(40)25-17-20-12-7-8-14-22(20)33-25/h4-8,10-12,14,17,21,23-24,33H,9,13,15-16,18H2,1-3H3,(H,32,38)(H,34,39)(H,35,40)(H,36,41)/t21-,23-,24-/m0/s1. The molecule has 0 saturated carbocycles. The number of fused-ring (bicyclic) bond motifs is 1. The molecule has 1 aliphatic heterocycles. The van der Waals surface area contributed by atoms with Gasteiger partial charge in [0.2, 0.25) is 17.6 Å². The molecule has 41 heavy (non-hydrogen) atoms. The van der Waals surface area contributed by atoms with Gasteiger partial charge in [0, 0.05) is 35.3 Å². The molecule has 4 rings (SSSR count). The van der Waals surface area contributed by atoms with E-state index in [2.05, 4.69) is 26.3 Å². The van der Waals surface area contributed by atoms with E-state index in [9.17, 15) is 24.0 Å². The zero-order valence-electron chi connectivity index (χ0n) is 23.6. The van der Waals surface area contributed by atoms with Gasteiger partial charge >= 0.3 is 0 Å². The van der Waals surface area contributed by atoms with Gasteiger partial charge in [-0.05, 0) is 57.7 Å². The second-order valence-corrected chi connectivity index (χ2v) is 11.5. The Morgan fingerprint density at radius 2 is 1.66 bits per heavy atom. The quantitative estimate of drug-likeness (QED) is 0.242. The number of aromatic amines is 1. The number of hydrogen-bond acceptors (Lipinski definition) is 5. The normalized spacial score (nSPS) is 16.8. The monoisotopic (exact) mass is 559 g/mol. The second-order valence-electron chi connectivity index (χ2n) is 11.5. The highest BCUT2D eigenvalue weighted by molar-refractivity contribution is 6.38. The highest BCUT2D eigenvalue weighted by atomic mass is 16.2. The van der Waals surface area contributed by atoms with Gasteiger partial charge in [-0.25, -0.2) is 0 Å². The largest absolute Gasteiger partial charge is 0.356 e. The SMILES string of the molecule is CC(C)(C)NC(=O)C(=O)[C@H](C[C@@H]1CCCNC1=O)NC(=O)[C@H](Cc1ccccc1)NC(=O)c1cc2ccccc2[nH]1. The van der Waals surface area contributed by atoms with Gasteiger partial charge in [-0.2, -0.15) is 0 Å². The number of hydrogen-bond donors (Lipinski definition) is 5. The van der Waals surface area contributed by atoms with Crippen molar-refractivity contribution in [1.29, 1.82) is 0 Å². The van der Waals surface area contributed by atoms with Crippen LogP contribution in [-0.2, 0) is 25.6 Å². The molecular formula is C31H37N5O5. The van der Waals surface area contributed by atoms with Crippen molar-refractivity contribution in [3.05, 3.63) is 71.9 Å². The first-order valence-corrected chi connectivity index (χ1v) is 13.9. The van der Waals surface area contributed by atoms with E-state index < -0.39 is 47.0 Å². The lowest BCUT2D eigenvalue weighted by Crippen LogP contribution is -2.57. The molecule has 10 heteroatoms. The fourth-order valence-corrected chi connectivity index (χ4v) is 4.90. The first-order valence-electron chi connectivity index (χ1n) is 13.9. The van der Waals surface area contributed by atoms with Crippen LogP contribution in [0.25, 0.3) is 10.9 Å². The number of H-pyrrole nitrogens is 1. The molecule has 5 N–H and O–H groups in total. The third kappa shape index (κ3) is 8.03. The zero-order chi connectivity index (χ0) is 29.6. The van der Waals surface area contributed by atoms with E-state index in [1.54, 1.807) is 26.8 Å². The Balaban J connectivity index is 1.57. The molecule has 0 unspecified atom stereocenters. The molecule has 0 spiro atoms. The van der Waals surface area contributed by atoms with Gasteiger partial charge in [0.1, 0.15) is 11.7 Å². The molecule has 2 heterocycles. The summed E-state index contributed by atoms with van der Waals surface area (Å²) in [5.74, 6) is -3.55. The molecular weight excluding hydrogens is 522 g/mol. The summed E-state index contributed by atoms with van der Waals surface area (Å²) < 4.78 is 0. The molecule has 10 nitrogen and oxygen atoms in total. The lowest BCUT2D eigenvalue weighted by atomic mass is 9.89. The van der Waals surface area contributed by atoms with Gasteiger partial charge in [0.25, 0.3) is 11.8 Å². The smallest absolute Gasteiger partial charge is 0.290 e. The number of amides is 4. The van der Waals surface area contributed by atoms with Gasteiger partial charge < -0.3 is 26.3 Å². The number of piperidine rings is 1. The summed E-state index contributed by atoms with van der Waals surface area (Å²) in [4.78, 5) is 68.7. The maximum Gasteiger partial charge on any atom is 0.290 e. The Bertz CT molecular complexity index is 1390. The molecule has 216 valence electrons. The first-order chi connectivity index (χ1) is 19.5. The summed E-state index contributed by atoms with van der Waals surface area (Å²) in [6.07, 6.45) is 1.40. The number of ketones is 1. The third-order valence-corrected chi connectivity index (χ3v) is 6.94. The lowest BCUT2D eigenvalue weighted by Gasteiger charge is -2.28. The van der Waals surface area contributed by atoms with Crippen LogP contribution in [0.3, 0.4) is 0 Å². The van der Waals surface area contributed by atoms with E-state index in [0.717, 1.165) is 22.9 Å². The van der Waals surface area contributed by atoms with Gasteiger partial charge in [-0.15, -0.1) is 0 Å². The summed E-state index contributed by atoms with van der Waals surface area (Å²) >= 11 is 0. The van der Waals surface area contributed by atoms with Crippen LogP contribution in [0.4, 0.5) is 0 Å². The van der Waals surface area contributed by atoms with Crippen molar-refractivity contribution in [2.45, 2.75) is 64.1 Å². The Morgan fingerprint density at radius 1 is 0.951 bits per heavy atom. The van der Waals surface area contributed by atoms with Crippen LogP contribution in [0, 0.1) is 5.92 Å². The van der Waals surface area contributed by atoms with Crippen molar-refractivity contribution in [3.63, 3.8) is 0 Å². The lowest BCUT2D eigenvalue weighted by molar-refractivity contribution is -0.142. The molecule has 2 aromatic carbocycles. The molecule has 0 radical (unpaired) electrons. The molecule has 4 amide bonds. The van der Waals surface area contributed by atoms with E-state index in [4.69, 9.17) is 0 Å². The fraction of sp³-hybridized carbons (Fsp3) is 0.387. The summed E-state index contributed by atoms with van der Waals surface area (Å²) in [7, 11) is 0. The Hall–Kier alpha value is -4.47. The van der Waals surface area contributed by atoms with Crippen molar-refractivity contribution in [1.82, 2.24) is 26.3 Å². The van der Waals surface area contributed by atoms with Crippen LogP contribution in [0.2, 0.25) is 0 Å². The maximum absolute atomic E-state index is 13.7. The summed E-state index contributed by atoms with van der Waals surface area (Å²) in [6, 6.07) is 16.0. The molecule has 3 aromatic rings. The average Bonchev–Trinajstić information content (AvgIpc) is 3.37. The van der Waals surface area contributed by atoms with Crippen LogP contribution in [-0.4, -0.2) is 58.6 Å². The maximum atomic E-state index is 13.7. The van der Waals surface area contributed by atoms with Crippen LogP contribution < -0.4 is 21.3 Å². The number of rotatable bonds is 10. The number of nitrogens with one attached hydrogen (secondary N) is 5. The van der Waals surface area contributed by atoms with Crippen LogP contribution in [0.15, 0.2) is 60.7 Å². The van der Waals surface area contributed by atoms with Crippen LogP contribution >= 0.6 is 0 Å². The van der Waals surface area contributed by atoms with Crippen molar-refractivity contribution in [3.8, 4) is 0 Å². The van der Waals surface area contributed by atoms with E-state index in [1.807, 2.05) is 54.6 Å². The van der Waals surface area contributed by atoms with Crippen LogP contribution in [0.5, 0.6) is 0 Å². The minimum atomic E-state index is -1.25. The second kappa shape index (κ2) is 12.8. The Morgan fingerprint density at radius 3 is 2.34 bits per heavy atom. The molecule has 3 atom stereocenters. The molecule has 1 fully saturated rings. The highest BCUT2D eigenvalue weighted by Gasteiger charge is 2.36. The predicted octanol–water partition coefficient (Wildman–Crippen LogP) is 2.39. The summed E-state index contributed by atoms with van der Waals surface area (Å²) in [6.45, 7) is 5.78. The van der Waals surface area contributed by atoms with Crippen molar-refractivity contribution >= 4 is 40.3 Å². The molecule has 0 aliphatic carbocycles. The Kier molecular flexibility index (Phi) is 9.21. The van der Waals surface area contributed by atoms with Crippen molar-refractivity contribution in [2.75, 3.05) is 6.54 Å². The summed E-state index contributed by atoms with van der Waals surface area (Å²) in [5.41, 5.74) is 1.19. The van der Waals surface area contributed by atoms with E-state index in [0.29, 0.717) is 13.0 Å². The fourth-order valence-electron chi connectivity index (χ4n) is 4.90. The van der Waals surface area contributed by atoms with Crippen molar-refractivity contribution in [2.24, 2.45) is 5.92 Å². The van der Waals surface area contributed by atoms with Gasteiger partial charge in [0.05, 0.1) is 6.04 Å². The zero-order valence-corrected chi connectivity index (χ0v) is 23.6. The predicted molar refractivity (Wildman–Crippen MR) is 155 cm³/mol. The van der Waals surface area contributed by atoms with Gasteiger partial charge in [-0.1, -0.05) is 48.5 Å². The Labute approximate surface area is 239 Å². The molecule has 1 aliphatic rings. The van der Waals surface area contributed by atoms with Gasteiger partial charge in [-0.3, -0.25) is 24.0 Å². The van der Waals surface area contributed by atoms with E-state index >= 15 is 0 Å². The number of carbonyl (C=O) groups is 5. The average molecular weight is 560 g/mol. The minimum Gasteiger partial charge on any atom is -0.356 e. The van der Waals surface area contributed by atoms with E-state index in [-0.39, 0.29) is 24.4 Å². The van der Waals surface area contributed by atoms with Gasteiger partial charge in [0.15, 0.2) is 0 Å². The number of Topliss-reactive ketones (excluding diaryl/α,β-unsaturated/α-hetero) is 1. The number of carbonyl (C=O) groups excluding carboxylic acids is 5. The third-order valence-electron chi connectivity index (χ3n) is 6.94. The van der Waals surface area contributed by atoms with Crippen molar-refractivity contribution < 1.29 is 24.0 Å². The van der Waals surface area contributed by atoms with E-state index in [1.165, 1.54) is 0 Å². The molecule has 1 aromatic heterocycles. The molecule has 0 bridgehead atoms. The number of benzene rings is 2. The topological polar surface area (TPSA) is 149 Å². The minimum absolute atomic E-state index is 0.0258. The first kappa shape index (κ1) is 29.5. The summed E-state index contributed by atoms with van der Waals surface area (Å²) in [5, 5.41) is 11.8. The number of para-hydroxylation sites is 1. The highest BCUT2D eigenvalue weighted by Crippen LogP contribution is 2.19. The number of aromatic nitrogens is 1.